The fraction of sp³-hybridized carbons (Fsp3) is 0.562. The molecule has 0 heterocycles. The van der Waals surface area contributed by atoms with Gasteiger partial charge < -0.3 is 11.1 Å². The first-order chi connectivity index (χ1) is 9.20. The minimum absolute atomic E-state index is 0.0119. The molecule has 1 amide bonds. The minimum Gasteiger partial charge on any atom is -0.352 e. The first-order valence-electron chi connectivity index (χ1n) is 7.33. The molecule has 1 aliphatic rings. The van der Waals surface area contributed by atoms with Gasteiger partial charge in [0, 0.05) is 6.04 Å². The number of amides is 1. The summed E-state index contributed by atoms with van der Waals surface area (Å²) in [4.78, 5) is 12.0. The Labute approximate surface area is 115 Å². The van der Waals surface area contributed by atoms with Crippen LogP contribution in [0.25, 0.3) is 0 Å². The van der Waals surface area contributed by atoms with E-state index in [2.05, 4.69) is 36.5 Å². The van der Waals surface area contributed by atoms with Crippen LogP contribution in [0.3, 0.4) is 0 Å². The number of fused-ring (bicyclic) bond motifs is 1. The van der Waals surface area contributed by atoms with Crippen LogP contribution in [0.15, 0.2) is 24.3 Å². The van der Waals surface area contributed by atoms with Gasteiger partial charge in [-0.25, -0.2) is 0 Å². The summed E-state index contributed by atoms with van der Waals surface area (Å²) < 4.78 is 0. The number of nitrogens with one attached hydrogen (secondary N) is 1. The zero-order chi connectivity index (χ0) is 13.7. The van der Waals surface area contributed by atoms with Gasteiger partial charge in [-0.1, -0.05) is 44.0 Å². The van der Waals surface area contributed by atoms with Crippen LogP contribution in [0.1, 0.15) is 43.7 Å². The quantitative estimate of drug-likeness (QED) is 0.852. The summed E-state index contributed by atoms with van der Waals surface area (Å²) in [6.45, 7) is 2.11. The van der Waals surface area contributed by atoms with Crippen molar-refractivity contribution < 1.29 is 4.79 Å². The molecule has 3 nitrogen and oxygen atoms in total. The molecule has 0 saturated carbocycles. The van der Waals surface area contributed by atoms with Gasteiger partial charge in [-0.2, -0.15) is 0 Å². The van der Waals surface area contributed by atoms with Crippen LogP contribution < -0.4 is 11.1 Å². The minimum atomic E-state index is -0.350. The van der Waals surface area contributed by atoms with Gasteiger partial charge >= 0.3 is 0 Å². The first-order valence-corrected chi connectivity index (χ1v) is 7.33. The number of nitrogens with two attached hydrogens (primary N) is 1. The van der Waals surface area contributed by atoms with Crippen LogP contribution in [0.4, 0.5) is 0 Å². The Kier molecular flexibility index (Phi) is 4.97. The van der Waals surface area contributed by atoms with E-state index in [-0.39, 0.29) is 18.0 Å². The molecule has 3 N–H and O–H groups in total. The second kappa shape index (κ2) is 6.71. The van der Waals surface area contributed by atoms with Gasteiger partial charge in [-0.05, 0) is 36.8 Å². The van der Waals surface area contributed by atoms with E-state index < -0.39 is 0 Å². The topological polar surface area (TPSA) is 55.1 Å². The molecule has 2 unspecified atom stereocenters. The lowest BCUT2D eigenvalue weighted by atomic mass is 9.88. The predicted octanol–water partition coefficient (Wildman–Crippen LogP) is 2.18. The third-order valence-electron chi connectivity index (χ3n) is 3.90. The van der Waals surface area contributed by atoms with Crippen molar-refractivity contribution in [3.63, 3.8) is 0 Å². The summed E-state index contributed by atoms with van der Waals surface area (Å²) in [5.74, 6) is 0.0119. The smallest absolute Gasteiger partial charge is 0.237 e. The highest BCUT2D eigenvalue weighted by molar-refractivity contribution is 5.81. The molecule has 1 aliphatic carbocycles. The number of unbranched alkanes of at least 4 members (excludes halogenated alkanes) is 1. The Hall–Kier alpha value is -1.35. The number of hydrogen-bond donors (Lipinski definition) is 2. The maximum Gasteiger partial charge on any atom is 0.237 e. The third-order valence-corrected chi connectivity index (χ3v) is 3.90. The van der Waals surface area contributed by atoms with E-state index in [1.807, 2.05) is 0 Å². The van der Waals surface area contributed by atoms with E-state index in [0.717, 1.165) is 38.5 Å². The third kappa shape index (κ3) is 3.80. The number of carbonyl (C=O) groups excluding carboxylic acids is 1. The molecule has 0 spiro atoms. The number of aryl methyl sites for hydroxylation is 1. The average molecular weight is 260 g/mol. The Morgan fingerprint density at radius 1 is 1.42 bits per heavy atom. The molecule has 0 aromatic heterocycles. The summed E-state index contributed by atoms with van der Waals surface area (Å²) in [5, 5.41) is 3.10. The van der Waals surface area contributed by atoms with Crippen molar-refractivity contribution in [2.24, 2.45) is 5.73 Å². The van der Waals surface area contributed by atoms with Crippen molar-refractivity contribution in [2.45, 2.75) is 57.5 Å². The Balaban J connectivity index is 1.86. The lowest BCUT2D eigenvalue weighted by molar-refractivity contribution is -0.123. The van der Waals surface area contributed by atoms with Crippen molar-refractivity contribution in [1.82, 2.24) is 5.32 Å². The van der Waals surface area contributed by atoms with Gasteiger partial charge in [0.2, 0.25) is 5.91 Å². The van der Waals surface area contributed by atoms with Crippen molar-refractivity contribution in [1.29, 1.82) is 0 Å². The van der Waals surface area contributed by atoms with E-state index in [4.69, 9.17) is 5.73 Å². The molecule has 19 heavy (non-hydrogen) atoms. The van der Waals surface area contributed by atoms with Gasteiger partial charge in [0.15, 0.2) is 0 Å². The summed E-state index contributed by atoms with van der Waals surface area (Å²) in [6, 6.07) is 8.38. The molecule has 0 fully saturated rings. The molecule has 2 atom stereocenters. The second-order valence-electron chi connectivity index (χ2n) is 5.47. The standard InChI is InChI=1S/C16H24N2O/c1-2-3-8-15(17)16(19)18-14-10-9-12-6-4-5-7-13(12)11-14/h4-7,14-15H,2-3,8-11,17H2,1H3,(H,18,19). The van der Waals surface area contributed by atoms with Crippen LogP contribution in [-0.2, 0) is 17.6 Å². The predicted molar refractivity (Wildman–Crippen MR) is 77.9 cm³/mol. The van der Waals surface area contributed by atoms with E-state index in [1.165, 1.54) is 11.1 Å². The lowest BCUT2D eigenvalue weighted by Crippen LogP contribution is -2.47. The zero-order valence-corrected chi connectivity index (χ0v) is 11.7. The van der Waals surface area contributed by atoms with Gasteiger partial charge in [0.1, 0.15) is 0 Å². The van der Waals surface area contributed by atoms with E-state index in [9.17, 15) is 4.79 Å². The van der Waals surface area contributed by atoms with Crippen LogP contribution in [0.2, 0.25) is 0 Å². The molecule has 0 bridgehead atoms. The maximum atomic E-state index is 12.0. The molecule has 0 aliphatic heterocycles. The van der Waals surface area contributed by atoms with Crippen LogP contribution >= 0.6 is 0 Å². The van der Waals surface area contributed by atoms with Crippen molar-refractivity contribution >= 4 is 5.91 Å². The number of rotatable bonds is 5. The zero-order valence-electron chi connectivity index (χ0n) is 11.7. The molecule has 1 aromatic carbocycles. The summed E-state index contributed by atoms with van der Waals surface area (Å²) in [5.41, 5.74) is 8.68. The van der Waals surface area contributed by atoms with Crippen LogP contribution in [0.5, 0.6) is 0 Å². The van der Waals surface area contributed by atoms with Crippen molar-refractivity contribution in [3.8, 4) is 0 Å². The Bertz CT molecular complexity index is 431. The molecule has 0 saturated heterocycles. The Morgan fingerprint density at radius 3 is 2.89 bits per heavy atom. The molecule has 1 aromatic rings. The molecule has 2 rings (SSSR count). The van der Waals surface area contributed by atoms with Gasteiger partial charge in [-0.3, -0.25) is 4.79 Å². The largest absolute Gasteiger partial charge is 0.352 e. The number of hydrogen-bond acceptors (Lipinski definition) is 2. The van der Waals surface area contributed by atoms with E-state index in [0.29, 0.717) is 0 Å². The maximum absolute atomic E-state index is 12.0. The van der Waals surface area contributed by atoms with Gasteiger partial charge in [0.25, 0.3) is 0 Å². The van der Waals surface area contributed by atoms with Crippen LogP contribution in [0, 0.1) is 0 Å². The molecule has 0 radical (unpaired) electrons. The monoisotopic (exact) mass is 260 g/mol. The fourth-order valence-corrected chi connectivity index (χ4v) is 2.68. The fourth-order valence-electron chi connectivity index (χ4n) is 2.68. The Morgan fingerprint density at radius 2 is 2.16 bits per heavy atom. The van der Waals surface area contributed by atoms with Crippen LogP contribution in [-0.4, -0.2) is 18.0 Å². The highest BCUT2D eigenvalue weighted by Crippen LogP contribution is 2.21. The number of carbonyl (C=O) groups is 1. The highest BCUT2D eigenvalue weighted by atomic mass is 16.2. The lowest BCUT2D eigenvalue weighted by Gasteiger charge is -2.26. The number of benzene rings is 1. The van der Waals surface area contributed by atoms with Gasteiger partial charge in [-0.15, -0.1) is 0 Å². The average Bonchev–Trinajstić information content (AvgIpc) is 2.44. The van der Waals surface area contributed by atoms with Gasteiger partial charge in [0.05, 0.1) is 6.04 Å². The summed E-state index contributed by atoms with van der Waals surface area (Å²) in [7, 11) is 0. The molecular formula is C16H24N2O. The van der Waals surface area contributed by atoms with Crippen molar-refractivity contribution in [3.05, 3.63) is 35.4 Å². The normalized spacial score (nSPS) is 19.6. The summed E-state index contributed by atoms with van der Waals surface area (Å²) >= 11 is 0. The van der Waals surface area contributed by atoms with E-state index in [1.54, 1.807) is 0 Å². The molecule has 104 valence electrons. The highest BCUT2D eigenvalue weighted by Gasteiger charge is 2.22. The SMILES string of the molecule is CCCCC(N)C(=O)NC1CCc2ccccc2C1. The first kappa shape index (κ1) is 14.1. The summed E-state index contributed by atoms with van der Waals surface area (Å²) in [6.07, 6.45) is 5.88. The van der Waals surface area contributed by atoms with E-state index >= 15 is 0 Å². The molecule has 3 heteroatoms. The second-order valence-corrected chi connectivity index (χ2v) is 5.47. The molecular weight excluding hydrogens is 236 g/mol. The van der Waals surface area contributed by atoms with Crippen molar-refractivity contribution in [2.75, 3.05) is 0 Å².